The van der Waals surface area contributed by atoms with Gasteiger partial charge in [-0.15, -0.1) is 5.10 Å². The number of aryl methyl sites for hydroxylation is 2. The fourth-order valence-corrected chi connectivity index (χ4v) is 1.88. The van der Waals surface area contributed by atoms with Crippen LogP contribution in [0, 0.1) is 19.7 Å². The average molecular weight is 263 g/mol. The molecule has 0 saturated carbocycles. The van der Waals surface area contributed by atoms with Gasteiger partial charge in [-0.05, 0) is 32.9 Å². The van der Waals surface area contributed by atoms with Crippen LogP contribution in [0.15, 0.2) is 12.3 Å². The lowest BCUT2D eigenvalue weighted by atomic mass is 10.2. The Balaban J connectivity index is 2.31. The molecule has 2 aromatic heterocycles. The third-order valence-corrected chi connectivity index (χ3v) is 2.77. The number of hydrogen-bond acceptors (Lipinski definition) is 4. The molecule has 0 aliphatic heterocycles. The Morgan fingerprint density at radius 1 is 1.37 bits per heavy atom. The van der Waals surface area contributed by atoms with Gasteiger partial charge in [0.2, 0.25) is 0 Å². The summed E-state index contributed by atoms with van der Waals surface area (Å²) in [7, 11) is 0. The molecule has 6 heteroatoms. The largest absolute Gasteiger partial charge is 0.313 e. The van der Waals surface area contributed by atoms with Crippen molar-refractivity contribution in [2.24, 2.45) is 0 Å². The third-order valence-electron chi connectivity index (χ3n) is 2.77. The maximum atomic E-state index is 14.4. The minimum absolute atomic E-state index is 0.203. The molecule has 0 aliphatic carbocycles. The molecule has 0 spiro atoms. The summed E-state index contributed by atoms with van der Waals surface area (Å²) in [4.78, 5) is 8.23. The van der Waals surface area contributed by atoms with Crippen molar-refractivity contribution in [3.05, 3.63) is 35.3 Å². The van der Waals surface area contributed by atoms with E-state index in [1.807, 2.05) is 0 Å². The number of aromatic nitrogens is 4. The van der Waals surface area contributed by atoms with Gasteiger partial charge in [-0.2, -0.15) is 4.68 Å². The predicted molar refractivity (Wildman–Crippen MR) is 70.6 cm³/mol. The number of pyridine rings is 1. The van der Waals surface area contributed by atoms with E-state index in [4.69, 9.17) is 0 Å². The lowest BCUT2D eigenvalue weighted by molar-refractivity contribution is 0.564. The molecule has 0 fully saturated rings. The molecule has 0 radical (unpaired) electrons. The highest BCUT2D eigenvalue weighted by Crippen LogP contribution is 2.15. The molecular formula is C13H18FN5. The summed E-state index contributed by atoms with van der Waals surface area (Å²) in [6.45, 7) is 6.97. The Morgan fingerprint density at radius 3 is 2.79 bits per heavy atom. The highest BCUT2D eigenvalue weighted by molar-refractivity contribution is 5.30. The van der Waals surface area contributed by atoms with E-state index in [1.54, 1.807) is 26.1 Å². The fraction of sp³-hybridized carbons (Fsp3) is 0.462. The maximum absolute atomic E-state index is 14.4. The zero-order valence-corrected chi connectivity index (χ0v) is 11.4. The van der Waals surface area contributed by atoms with E-state index in [2.05, 4.69) is 27.3 Å². The highest BCUT2D eigenvalue weighted by atomic mass is 19.1. The van der Waals surface area contributed by atoms with Gasteiger partial charge in [-0.1, -0.05) is 6.92 Å². The van der Waals surface area contributed by atoms with E-state index in [-0.39, 0.29) is 11.6 Å². The molecule has 102 valence electrons. The average Bonchev–Trinajstić information content (AvgIpc) is 2.71. The van der Waals surface area contributed by atoms with Gasteiger partial charge in [-0.25, -0.2) is 14.4 Å². The molecule has 0 bridgehead atoms. The van der Waals surface area contributed by atoms with Crippen molar-refractivity contribution in [1.82, 2.24) is 25.1 Å². The molecule has 0 aromatic carbocycles. The lowest BCUT2D eigenvalue weighted by Gasteiger charge is -2.08. The van der Waals surface area contributed by atoms with Gasteiger partial charge in [-0.3, -0.25) is 0 Å². The minimum Gasteiger partial charge on any atom is -0.313 e. The van der Waals surface area contributed by atoms with Crippen molar-refractivity contribution < 1.29 is 4.39 Å². The first-order valence-corrected chi connectivity index (χ1v) is 6.38. The van der Waals surface area contributed by atoms with E-state index in [9.17, 15) is 4.39 Å². The molecule has 2 heterocycles. The summed E-state index contributed by atoms with van der Waals surface area (Å²) >= 11 is 0. The van der Waals surface area contributed by atoms with Crippen molar-refractivity contribution >= 4 is 0 Å². The highest BCUT2D eigenvalue weighted by Gasteiger charge is 2.14. The Hall–Kier alpha value is -1.82. The number of rotatable bonds is 5. The Bertz CT molecular complexity index is 564. The molecule has 0 atom stereocenters. The first-order valence-electron chi connectivity index (χ1n) is 6.38. The normalized spacial score (nSPS) is 10.9. The number of nitrogens with one attached hydrogen (secondary N) is 1. The predicted octanol–water partition coefficient (Wildman–Crippen LogP) is 1.92. The molecular weight excluding hydrogens is 245 g/mol. The first kappa shape index (κ1) is 13.6. The second-order valence-corrected chi connectivity index (χ2v) is 4.40. The number of hydrogen-bond donors (Lipinski definition) is 1. The summed E-state index contributed by atoms with van der Waals surface area (Å²) < 4.78 is 15.8. The molecule has 19 heavy (non-hydrogen) atoms. The molecule has 2 rings (SSSR count). The van der Waals surface area contributed by atoms with Crippen molar-refractivity contribution in [2.75, 3.05) is 6.54 Å². The fourth-order valence-electron chi connectivity index (χ4n) is 1.88. The summed E-state index contributed by atoms with van der Waals surface area (Å²) in [5.74, 6) is 1.09. The van der Waals surface area contributed by atoms with E-state index >= 15 is 0 Å². The third kappa shape index (κ3) is 2.96. The first-order chi connectivity index (χ1) is 9.13. The Morgan fingerprint density at radius 2 is 2.16 bits per heavy atom. The van der Waals surface area contributed by atoms with Crippen LogP contribution in [-0.4, -0.2) is 26.3 Å². The van der Waals surface area contributed by atoms with Gasteiger partial charge in [0.15, 0.2) is 11.6 Å². The summed E-state index contributed by atoms with van der Waals surface area (Å²) in [5.41, 5.74) is 0.589. The van der Waals surface area contributed by atoms with Crippen molar-refractivity contribution in [2.45, 2.75) is 33.7 Å². The molecule has 0 unspecified atom stereocenters. The van der Waals surface area contributed by atoms with Gasteiger partial charge >= 0.3 is 0 Å². The minimum atomic E-state index is -0.348. The smallest absolute Gasteiger partial charge is 0.191 e. The zero-order valence-electron chi connectivity index (χ0n) is 11.4. The van der Waals surface area contributed by atoms with Crippen molar-refractivity contribution in [1.29, 1.82) is 0 Å². The van der Waals surface area contributed by atoms with Crippen LogP contribution in [0.5, 0.6) is 0 Å². The SMILES string of the molecule is CCCNCc1ccnc(-n2nc(C)nc2C)c1F. The van der Waals surface area contributed by atoms with Crippen LogP contribution in [-0.2, 0) is 6.54 Å². The topological polar surface area (TPSA) is 55.6 Å². The zero-order chi connectivity index (χ0) is 13.8. The van der Waals surface area contributed by atoms with E-state index in [0.717, 1.165) is 13.0 Å². The maximum Gasteiger partial charge on any atom is 0.191 e. The van der Waals surface area contributed by atoms with Crippen LogP contribution < -0.4 is 5.32 Å². The standard InChI is InChI=1S/C13H18FN5/c1-4-6-15-8-11-5-7-16-13(12(11)14)19-10(3)17-9(2)18-19/h5,7,15H,4,6,8H2,1-3H3. The van der Waals surface area contributed by atoms with Crippen LogP contribution in [0.3, 0.4) is 0 Å². The van der Waals surface area contributed by atoms with E-state index < -0.39 is 0 Å². The summed E-state index contributed by atoms with van der Waals surface area (Å²) in [6.07, 6.45) is 2.61. The van der Waals surface area contributed by atoms with Gasteiger partial charge in [0, 0.05) is 18.3 Å². The molecule has 2 aromatic rings. The van der Waals surface area contributed by atoms with Gasteiger partial charge in [0.05, 0.1) is 0 Å². The molecule has 0 saturated heterocycles. The van der Waals surface area contributed by atoms with Gasteiger partial charge in [0.25, 0.3) is 0 Å². The second kappa shape index (κ2) is 5.88. The van der Waals surface area contributed by atoms with Gasteiger partial charge < -0.3 is 5.32 Å². The molecule has 5 nitrogen and oxygen atoms in total. The Kier molecular flexibility index (Phi) is 4.21. The summed E-state index contributed by atoms with van der Waals surface area (Å²) in [6, 6.07) is 1.68. The van der Waals surface area contributed by atoms with Crippen LogP contribution in [0.1, 0.15) is 30.6 Å². The van der Waals surface area contributed by atoms with Crippen molar-refractivity contribution in [3.8, 4) is 5.82 Å². The van der Waals surface area contributed by atoms with E-state index in [1.165, 1.54) is 4.68 Å². The lowest BCUT2D eigenvalue weighted by Crippen LogP contribution is -2.16. The van der Waals surface area contributed by atoms with Crippen LogP contribution in [0.2, 0.25) is 0 Å². The number of nitrogens with zero attached hydrogens (tertiary/aromatic N) is 4. The van der Waals surface area contributed by atoms with Crippen LogP contribution >= 0.6 is 0 Å². The molecule has 1 N–H and O–H groups in total. The Labute approximate surface area is 111 Å². The number of halogens is 1. The monoisotopic (exact) mass is 263 g/mol. The van der Waals surface area contributed by atoms with Crippen LogP contribution in [0.25, 0.3) is 5.82 Å². The van der Waals surface area contributed by atoms with E-state index in [0.29, 0.717) is 23.8 Å². The second-order valence-electron chi connectivity index (χ2n) is 4.40. The molecule has 0 amide bonds. The molecule has 0 aliphatic rings. The van der Waals surface area contributed by atoms with Crippen molar-refractivity contribution in [3.63, 3.8) is 0 Å². The summed E-state index contributed by atoms with van der Waals surface area (Å²) in [5, 5.41) is 7.34. The van der Waals surface area contributed by atoms with Crippen LogP contribution in [0.4, 0.5) is 4.39 Å². The van der Waals surface area contributed by atoms with Gasteiger partial charge in [0.1, 0.15) is 11.6 Å². The quantitative estimate of drug-likeness (QED) is 0.837.